The highest BCUT2D eigenvalue weighted by Gasteiger charge is 2.25. The molecular formula is C17H23N3O5S. The molecule has 2 aliphatic rings. The van der Waals surface area contributed by atoms with E-state index >= 15 is 0 Å². The van der Waals surface area contributed by atoms with Crippen LogP contribution in [0.25, 0.3) is 0 Å². The van der Waals surface area contributed by atoms with Crippen molar-refractivity contribution in [2.24, 2.45) is 0 Å². The predicted octanol–water partition coefficient (Wildman–Crippen LogP) is 1.09. The summed E-state index contributed by atoms with van der Waals surface area (Å²) in [6.07, 6.45) is 5.63. The molecule has 1 unspecified atom stereocenters. The van der Waals surface area contributed by atoms with Gasteiger partial charge in [-0.2, -0.15) is 0 Å². The van der Waals surface area contributed by atoms with E-state index in [2.05, 4.69) is 14.8 Å². The number of carbonyl (C=O) groups is 2. The van der Waals surface area contributed by atoms with Crippen molar-refractivity contribution in [2.45, 2.75) is 25.4 Å². The molecule has 0 aliphatic carbocycles. The summed E-state index contributed by atoms with van der Waals surface area (Å²) in [5.41, 5.74) is 0.939. The van der Waals surface area contributed by atoms with Crippen LogP contribution in [0.15, 0.2) is 18.3 Å². The molecule has 26 heavy (non-hydrogen) atoms. The van der Waals surface area contributed by atoms with Crippen molar-refractivity contribution < 1.29 is 24.5 Å². The fraction of sp³-hybridized carbons (Fsp3) is 0.529. The Morgan fingerprint density at radius 2 is 1.96 bits per heavy atom. The number of carboxylic acids is 2. The Morgan fingerprint density at radius 1 is 1.31 bits per heavy atom. The summed E-state index contributed by atoms with van der Waals surface area (Å²) in [7, 11) is 2.04. The summed E-state index contributed by atoms with van der Waals surface area (Å²) in [5, 5.41) is 14.8. The Balaban J connectivity index is 0.000000352. The number of carboxylic acid groups (broad SMARTS) is 2. The van der Waals surface area contributed by atoms with Crippen LogP contribution in [0.1, 0.15) is 24.8 Å². The maximum atomic E-state index is 9.10. The van der Waals surface area contributed by atoms with Gasteiger partial charge in [-0.1, -0.05) is 12.2 Å². The first-order chi connectivity index (χ1) is 12.4. The zero-order valence-electron chi connectivity index (χ0n) is 14.6. The van der Waals surface area contributed by atoms with Crippen molar-refractivity contribution in [2.75, 3.05) is 33.2 Å². The number of likely N-dealkylation sites (N-methyl/N-ethyl adjacent to an activating group) is 1. The van der Waals surface area contributed by atoms with Crippen LogP contribution < -0.4 is 4.74 Å². The van der Waals surface area contributed by atoms with Gasteiger partial charge in [0.25, 0.3) is 0 Å². The summed E-state index contributed by atoms with van der Waals surface area (Å²) in [6, 6.07) is 3.90. The SMILES string of the molecule is CN1CC(CCN2CCCC2)Oc2ncccc2C1=S.O=C(O)C(=O)O. The fourth-order valence-corrected chi connectivity index (χ4v) is 3.15. The van der Waals surface area contributed by atoms with Gasteiger partial charge in [0, 0.05) is 19.8 Å². The van der Waals surface area contributed by atoms with Gasteiger partial charge >= 0.3 is 11.9 Å². The molecule has 2 N–H and O–H groups in total. The normalized spacial score (nSPS) is 19.7. The van der Waals surface area contributed by atoms with Crippen LogP contribution in [0.5, 0.6) is 5.88 Å². The molecule has 1 saturated heterocycles. The summed E-state index contributed by atoms with van der Waals surface area (Å²) in [5.74, 6) is -2.96. The average Bonchev–Trinajstić information content (AvgIpc) is 3.09. The molecule has 3 heterocycles. The minimum Gasteiger partial charge on any atom is -0.473 e. The zero-order valence-corrected chi connectivity index (χ0v) is 15.4. The topological polar surface area (TPSA) is 103 Å². The number of ether oxygens (including phenoxy) is 1. The van der Waals surface area contributed by atoms with E-state index in [1.807, 2.05) is 19.2 Å². The Labute approximate surface area is 157 Å². The van der Waals surface area contributed by atoms with Gasteiger partial charge in [-0.05, 0) is 44.5 Å². The lowest BCUT2D eigenvalue weighted by Crippen LogP contribution is -2.36. The van der Waals surface area contributed by atoms with E-state index in [4.69, 9.17) is 36.8 Å². The maximum Gasteiger partial charge on any atom is 0.414 e. The minimum atomic E-state index is -1.82. The molecule has 0 amide bonds. The number of hydrogen-bond donors (Lipinski definition) is 2. The van der Waals surface area contributed by atoms with E-state index in [1.165, 1.54) is 25.9 Å². The van der Waals surface area contributed by atoms with E-state index in [-0.39, 0.29) is 6.10 Å². The van der Waals surface area contributed by atoms with Gasteiger partial charge in [0.05, 0.1) is 12.1 Å². The van der Waals surface area contributed by atoms with Crippen molar-refractivity contribution >= 4 is 29.1 Å². The third-order valence-corrected chi connectivity index (χ3v) is 4.78. The van der Waals surface area contributed by atoms with Crippen LogP contribution in [-0.2, 0) is 9.59 Å². The molecule has 1 atom stereocenters. The molecule has 0 aromatic carbocycles. The van der Waals surface area contributed by atoms with Gasteiger partial charge in [0.15, 0.2) is 0 Å². The molecule has 0 spiro atoms. The van der Waals surface area contributed by atoms with E-state index in [0.717, 1.165) is 30.1 Å². The van der Waals surface area contributed by atoms with Crippen molar-refractivity contribution in [1.82, 2.24) is 14.8 Å². The van der Waals surface area contributed by atoms with E-state index in [0.29, 0.717) is 5.88 Å². The molecule has 8 nitrogen and oxygen atoms in total. The largest absolute Gasteiger partial charge is 0.473 e. The molecule has 9 heteroatoms. The number of nitrogens with zero attached hydrogens (tertiary/aromatic N) is 3. The molecule has 0 bridgehead atoms. The summed E-state index contributed by atoms with van der Waals surface area (Å²) < 4.78 is 6.09. The van der Waals surface area contributed by atoms with Crippen molar-refractivity contribution in [3.63, 3.8) is 0 Å². The standard InChI is InChI=1S/C15H21N3OS.C2H2O4/c1-17-11-12(6-10-18-8-2-3-9-18)19-14-13(15(17)20)5-4-7-16-14;3-1(4)2(5)6/h4-5,7,12H,2-3,6,8-11H2,1H3;(H,3,4)(H,5,6). The number of fused-ring (bicyclic) bond motifs is 1. The van der Waals surface area contributed by atoms with Gasteiger partial charge in [0.1, 0.15) is 11.1 Å². The first-order valence-electron chi connectivity index (χ1n) is 8.44. The highest BCUT2D eigenvalue weighted by molar-refractivity contribution is 7.80. The second-order valence-electron chi connectivity index (χ2n) is 6.23. The van der Waals surface area contributed by atoms with Crippen molar-refractivity contribution in [3.8, 4) is 5.88 Å². The summed E-state index contributed by atoms with van der Waals surface area (Å²) >= 11 is 5.51. The Morgan fingerprint density at radius 3 is 2.58 bits per heavy atom. The Bertz CT molecular complexity index is 652. The lowest BCUT2D eigenvalue weighted by molar-refractivity contribution is -0.159. The number of pyridine rings is 1. The molecular weight excluding hydrogens is 358 g/mol. The molecule has 0 saturated carbocycles. The highest BCUT2D eigenvalue weighted by atomic mass is 32.1. The fourth-order valence-electron chi connectivity index (χ4n) is 2.92. The van der Waals surface area contributed by atoms with Crippen LogP contribution >= 0.6 is 12.2 Å². The molecule has 3 rings (SSSR count). The molecule has 1 aromatic rings. The number of aliphatic carboxylic acids is 2. The number of thiocarbonyl (C=S) groups is 1. The van der Waals surface area contributed by atoms with Gasteiger partial charge in [-0.15, -0.1) is 0 Å². The monoisotopic (exact) mass is 381 g/mol. The lowest BCUT2D eigenvalue weighted by atomic mass is 10.2. The lowest BCUT2D eigenvalue weighted by Gasteiger charge is -2.23. The third kappa shape index (κ3) is 5.63. The van der Waals surface area contributed by atoms with Crippen LogP contribution in [0.3, 0.4) is 0 Å². The summed E-state index contributed by atoms with van der Waals surface area (Å²) in [4.78, 5) is 28.0. The first kappa shape index (κ1) is 20.1. The Kier molecular flexibility index (Phi) is 7.28. The smallest absolute Gasteiger partial charge is 0.414 e. The molecule has 1 aromatic heterocycles. The van der Waals surface area contributed by atoms with Crippen molar-refractivity contribution in [3.05, 3.63) is 23.9 Å². The van der Waals surface area contributed by atoms with Crippen molar-refractivity contribution in [1.29, 1.82) is 0 Å². The summed E-state index contributed by atoms with van der Waals surface area (Å²) in [6.45, 7) is 4.40. The van der Waals surface area contributed by atoms with Crippen LogP contribution in [0.4, 0.5) is 0 Å². The second-order valence-corrected chi connectivity index (χ2v) is 6.62. The second kappa shape index (κ2) is 9.44. The van der Waals surface area contributed by atoms with Gasteiger partial charge in [-0.25, -0.2) is 14.6 Å². The van der Waals surface area contributed by atoms with Gasteiger partial charge < -0.3 is 24.7 Å². The first-order valence-corrected chi connectivity index (χ1v) is 8.85. The third-order valence-electron chi connectivity index (χ3n) is 4.25. The highest BCUT2D eigenvalue weighted by Crippen LogP contribution is 2.23. The number of likely N-dealkylation sites (tertiary alicyclic amines) is 1. The molecule has 0 radical (unpaired) electrons. The van der Waals surface area contributed by atoms with E-state index in [1.54, 1.807) is 6.20 Å². The molecule has 2 aliphatic heterocycles. The molecule has 142 valence electrons. The van der Waals surface area contributed by atoms with E-state index < -0.39 is 11.9 Å². The molecule has 1 fully saturated rings. The van der Waals surface area contributed by atoms with Gasteiger partial charge in [0.2, 0.25) is 5.88 Å². The van der Waals surface area contributed by atoms with Crippen LogP contribution in [0, 0.1) is 0 Å². The Hall–Kier alpha value is -2.26. The number of rotatable bonds is 3. The minimum absolute atomic E-state index is 0.162. The number of aromatic nitrogens is 1. The average molecular weight is 381 g/mol. The number of hydrogen-bond acceptors (Lipinski definition) is 6. The van der Waals surface area contributed by atoms with E-state index in [9.17, 15) is 0 Å². The quantitative estimate of drug-likeness (QED) is 0.588. The zero-order chi connectivity index (χ0) is 19.1. The van der Waals surface area contributed by atoms with Crippen LogP contribution in [-0.4, -0.2) is 81.3 Å². The predicted molar refractivity (Wildman–Crippen MR) is 98.5 cm³/mol. The van der Waals surface area contributed by atoms with Crippen LogP contribution in [0.2, 0.25) is 0 Å². The maximum absolute atomic E-state index is 9.10. The van der Waals surface area contributed by atoms with Gasteiger partial charge in [-0.3, -0.25) is 0 Å².